The van der Waals surface area contributed by atoms with E-state index in [2.05, 4.69) is 0 Å². The largest absolute Gasteiger partial charge is 0.494 e. The lowest BCUT2D eigenvalue weighted by atomic mass is 10.3. The predicted octanol–water partition coefficient (Wildman–Crippen LogP) is 3.90. The first-order chi connectivity index (χ1) is 10.0. The third-order valence-corrected chi connectivity index (χ3v) is 3.82. The second-order valence-electron chi connectivity index (χ2n) is 4.26. The maximum atomic E-state index is 11.0. The Balaban J connectivity index is 2.23. The normalized spacial score (nSPS) is 12.0. The zero-order valence-electron chi connectivity index (χ0n) is 11.6. The zero-order valence-corrected chi connectivity index (χ0v) is 12.4. The van der Waals surface area contributed by atoms with Gasteiger partial charge in [0, 0.05) is 10.9 Å². The Kier molecular flexibility index (Phi) is 4.77. The van der Waals surface area contributed by atoms with E-state index in [0.717, 1.165) is 11.3 Å². The van der Waals surface area contributed by atoms with Crippen LogP contribution in [-0.4, -0.2) is 16.6 Å². The molecule has 0 saturated carbocycles. The molecule has 2 aromatic rings. The molecule has 0 aliphatic carbocycles. The Labute approximate surface area is 125 Å². The maximum Gasteiger partial charge on any atom is 0.323 e. The first kappa shape index (κ1) is 15.3. The number of hydrogen-bond acceptors (Lipinski definition) is 6. The van der Waals surface area contributed by atoms with Crippen LogP contribution >= 0.6 is 11.3 Å². The van der Waals surface area contributed by atoms with Gasteiger partial charge in [-0.3, -0.25) is 10.1 Å². The first-order valence-corrected chi connectivity index (χ1v) is 7.19. The molecule has 0 amide bonds. The van der Waals surface area contributed by atoms with Crippen LogP contribution in [0, 0.1) is 10.1 Å². The summed E-state index contributed by atoms with van der Waals surface area (Å²) in [5.74, 6) is 1.18. The van der Waals surface area contributed by atoms with Crippen molar-refractivity contribution in [3.05, 3.63) is 45.3 Å². The average Bonchev–Trinajstić information content (AvgIpc) is 2.86. The van der Waals surface area contributed by atoms with E-state index >= 15 is 0 Å². The van der Waals surface area contributed by atoms with Crippen molar-refractivity contribution in [2.75, 3.05) is 6.61 Å². The van der Waals surface area contributed by atoms with Crippen LogP contribution in [0.1, 0.15) is 24.8 Å². The Morgan fingerprint density at radius 1 is 1.33 bits per heavy atom. The number of rotatable bonds is 6. The molecule has 0 fully saturated rings. The number of benzene rings is 1. The van der Waals surface area contributed by atoms with E-state index in [1.807, 2.05) is 6.92 Å². The molecule has 0 bridgehead atoms. The van der Waals surface area contributed by atoms with Gasteiger partial charge < -0.3 is 14.6 Å². The Hall–Kier alpha value is -2.12. The topological polar surface area (TPSA) is 81.8 Å². The number of hydrogen-bond donors (Lipinski definition) is 1. The molecule has 0 aliphatic rings. The first-order valence-electron chi connectivity index (χ1n) is 6.38. The molecule has 1 heterocycles. The van der Waals surface area contributed by atoms with Gasteiger partial charge in [0.1, 0.15) is 11.5 Å². The highest BCUT2D eigenvalue weighted by atomic mass is 32.1. The Morgan fingerprint density at radius 3 is 2.48 bits per heavy atom. The lowest BCUT2D eigenvalue weighted by molar-refractivity contribution is -0.385. The van der Waals surface area contributed by atoms with E-state index in [0.29, 0.717) is 23.0 Å². The summed E-state index contributed by atoms with van der Waals surface area (Å²) in [7, 11) is 0. The van der Waals surface area contributed by atoms with E-state index < -0.39 is 11.0 Å². The van der Waals surface area contributed by atoms with E-state index in [-0.39, 0.29) is 10.8 Å². The number of ether oxygens (including phenoxy) is 2. The lowest BCUT2D eigenvalue weighted by Gasteiger charge is -2.05. The van der Waals surface area contributed by atoms with Gasteiger partial charge in [-0.1, -0.05) is 11.3 Å². The van der Waals surface area contributed by atoms with Crippen molar-refractivity contribution >= 4 is 17.0 Å². The molecular weight excluding hydrogens is 294 g/mol. The number of aliphatic hydroxyl groups is 1. The molecule has 0 unspecified atom stereocenters. The molecule has 21 heavy (non-hydrogen) atoms. The standard InChI is InChI=1S/C14H15NO5S/c1-3-19-10-4-6-11(7-5-10)20-14-12(15(17)18)8-13(21-14)9(2)16/h4-9,16H,3H2,1-2H3/t9-/m0/s1. The highest BCUT2D eigenvalue weighted by Crippen LogP contribution is 2.42. The second kappa shape index (κ2) is 6.55. The zero-order chi connectivity index (χ0) is 15.4. The second-order valence-corrected chi connectivity index (χ2v) is 5.31. The van der Waals surface area contributed by atoms with Gasteiger partial charge in [0.15, 0.2) is 0 Å². The summed E-state index contributed by atoms with van der Waals surface area (Å²) in [6, 6.07) is 8.15. The molecule has 0 radical (unpaired) electrons. The SMILES string of the molecule is CCOc1ccc(Oc2sc([C@H](C)O)cc2[N+](=O)[O-])cc1. The van der Waals surface area contributed by atoms with Crippen LogP contribution < -0.4 is 9.47 Å². The molecule has 1 atom stereocenters. The van der Waals surface area contributed by atoms with Crippen LogP contribution in [0.25, 0.3) is 0 Å². The summed E-state index contributed by atoms with van der Waals surface area (Å²) in [5.41, 5.74) is -0.148. The van der Waals surface area contributed by atoms with Crippen LogP contribution in [0.2, 0.25) is 0 Å². The minimum absolute atomic E-state index is 0.148. The summed E-state index contributed by atoms with van der Waals surface area (Å²) >= 11 is 1.06. The van der Waals surface area contributed by atoms with Crippen LogP contribution in [-0.2, 0) is 0 Å². The maximum absolute atomic E-state index is 11.0. The van der Waals surface area contributed by atoms with Gasteiger partial charge in [-0.2, -0.15) is 0 Å². The quantitative estimate of drug-likeness (QED) is 0.646. The average molecular weight is 309 g/mol. The minimum Gasteiger partial charge on any atom is -0.494 e. The fraction of sp³-hybridized carbons (Fsp3) is 0.286. The van der Waals surface area contributed by atoms with E-state index in [4.69, 9.17) is 9.47 Å². The monoisotopic (exact) mass is 309 g/mol. The van der Waals surface area contributed by atoms with Gasteiger partial charge in [-0.05, 0) is 38.1 Å². The lowest BCUT2D eigenvalue weighted by Crippen LogP contribution is -1.91. The van der Waals surface area contributed by atoms with Gasteiger partial charge in [0.2, 0.25) is 0 Å². The molecule has 1 aromatic heterocycles. The van der Waals surface area contributed by atoms with Crippen molar-refractivity contribution < 1.29 is 19.5 Å². The predicted molar refractivity (Wildman–Crippen MR) is 79.3 cm³/mol. The molecule has 1 N–H and O–H groups in total. The van der Waals surface area contributed by atoms with Crippen molar-refractivity contribution in [1.29, 1.82) is 0 Å². The third-order valence-electron chi connectivity index (χ3n) is 2.65. The molecule has 112 valence electrons. The number of aliphatic hydroxyl groups excluding tert-OH is 1. The smallest absolute Gasteiger partial charge is 0.323 e. The molecule has 6 nitrogen and oxygen atoms in total. The van der Waals surface area contributed by atoms with Crippen molar-refractivity contribution in [2.24, 2.45) is 0 Å². The summed E-state index contributed by atoms with van der Waals surface area (Å²) < 4.78 is 10.9. The van der Waals surface area contributed by atoms with Gasteiger partial charge in [0.05, 0.1) is 17.6 Å². The van der Waals surface area contributed by atoms with E-state index in [1.165, 1.54) is 6.07 Å². The van der Waals surface area contributed by atoms with Crippen LogP contribution in [0.3, 0.4) is 0 Å². The van der Waals surface area contributed by atoms with E-state index in [1.54, 1.807) is 31.2 Å². The van der Waals surface area contributed by atoms with Crippen LogP contribution in [0.4, 0.5) is 5.69 Å². The van der Waals surface area contributed by atoms with Crippen LogP contribution in [0.5, 0.6) is 16.6 Å². The molecule has 0 saturated heterocycles. The van der Waals surface area contributed by atoms with Crippen molar-refractivity contribution in [3.8, 4) is 16.6 Å². The highest BCUT2D eigenvalue weighted by Gasteiger charge is 2.23. The van der Waals surface area contributed by atoms with Gasteiger partial charge >= 0.3 is 5.69 Å². The summed E-state index contributed by atoms with van der Waals surface area (Å²) in [5, 5.41) is 20.7. The fourth-order valence-corrected chi connectivity index (χ4v) is 2.60. The Bertz CT molecular complexity index is 621. The number of nitrogens with zero attached hydrogens (tertiary/aromatic N) is 1. The molecule has 0 aliphatic heterocycles. The number of nitro groups is 1. The summed E-state index contributed by atoms with van der Waals surface area (Å²) in [6.07, 6.45) is -0.772. The molecule has 2 rings (SSSR count). The molecular formula is C14H15NO5S. The molecule has 1 aromatic carbocycles. The summed E-state index contributed by atoms with van der Waals surface area (Å²) in [4.78, 5) is 11.0. The number of thiophene rings is 1. The van der Waals surface area contributed by atoms with Crippen molar-refractivity contribution in [1.82, 2.24) is 0 Å². The minimum atomic E-state index is -0.772. The molecule has 0 spiro atoms. The Morgan fingerprint density at radius 2 is 1.95 bits per heavy atom. The van der Waals surface area contributed by atoms with Crippen LogP contribution in [0.15, 0.2) is 30.3 Å². The van der Waals surface area contributed by atoms with E-state index in [9.17, 15) is 15.2 Å². The fourth-order valence-electron chi connectivity index (χ4n) is 1.67. The summed E-state index contributed by atoms with van der Waals surface area (Å²) in [6.45, 7) is 4.00. The van der Waals surface area contributed by atoms with Crippen molar-refractivity contribution in [2.45, 2.75) is 20.0 Å². The third kappa shape index (κ3) is 3.71. The molecule has 7 heteroatoms. The highest BCUT2D eigenvalue weighted by molar-refractivity contribution is 7.14. The van der Waals surface area contributed by atoms with Crippen molar-refractivity contribution in [3.63, 3.8) is 0 Å². The van der Waals surface area contributed by atoms with Gasteiger partial charge in [-0.25, -0.2) is 0 Å². The van der Waals surface area contributed by atoms with Gasteiger partial charge in [-0.15, -0.1) is 0 Å². The van der Waals surface area contributed by atoms with Gasteiger partial charge in [0.25, 0.3) is 5.06 Å².